The van der Waals surface area contributed by atoms with E-state index < -0.39 is 16.0 Å². The first kappa shape index (κ1) is 20.2. The van der Waals surface area contributed by atoms with Crippen LogP contribution in [0.15, 0.2) is 29.2 Å². The van der Waals surface area contributed by atoms with Crippen LogP contribution in [0, 0.1) is 23.2 Å². The van der Waals surface area contributed by atoms with Crippen LogP contribution in [0.2, 0.25) is 0 Å². The highest BCUT2D eigenvalue weighted by molar-refractivity contribution is 7.89. The van der Waals surface area contributed by atoms with Gasteiger partial charge in [-0.25, -0.2) is 13.2 Å². The van der Waals surface area contributed by atoms with Gasteiger partial charge in [0.15, 0.2) is 12.4 Å². The zero-order valence-corrected chi connectivity index (χ0v) is 18.0. The predicted molar refractivity (Wildman–Crippen MR) is 110 cm³/mol. The lowest BCUT2D eigenvalue weighted by molar-refractivity contribution is -0.147. The molecule has 1 aromatic carbocycles. The molecule has 0 N–H and O–H groups in total. The summed E-state index contributed by atoms with van der Waals surface area (Å²) in [5.74, 6) is 1.50. The molecule has 1 aromatic rings. The van der Waals surface area contributed by atoms with Gasteiger partial charge in [-0.1, -0.05) is 0 Å². The van der Waals surface area contributed by atoms with E-state index in [9.17, 15) is 18.0 Å². The molecule has 0 unspecified atom stereocenters. The number of carbonyl (C=O) groups excluding carboxylic acids is 2. The maximum absolute atomic E-state index is 13.0. The van der Waals surface area contributed by atoms with Crippen LogP contribution in [0.5, 0.6) is 0 Å². The highest BCUT2D eigenvalue weighted by Crippen LogP contribution is 2.60. The molecule has 7 heteroatoms. The van der Waals surface area contributed by atoms with E-state index in [2.05, 4.69) is 0 Å². The van der Waals surface area contributed by atoms with Gasteiger partial charge in [0.25, 0.3) is 0 Å². The average molecular weight is 432 g/mol. The van der Waals surface area contributed by atoms with Crippen molar-refractivity contribution in [3.05, 3.63) is 29.8 Å². The molecule has 0 atom stereocenters. The first-order valence-corrected chi connectivity index (χ1v) is 12.6. The smallest absolute Gasteiger partial charge is 0.338 e. The normalized spacial score (nSPS) is 33.0. The second-order valence-electron chi connectivity index (χ2n) is 9.83. The molecule has 0 amide bonds. The standard InChI is InChI=1S/C23H29NO5S/c25-21(23-12-16-9-17(13-23)11-18(10-16)14-23)15-29-22(26)19-3-5-20(6-4-19)30(27,28)24-7-1-2-8-24/h3-6,16-18H,1-2,7-15H2. The minimum atomic E-state index is -3.51. The van der Waals surface area contributed by atoms with Crippen LogP contribution < -0.4 is 0 Å². The van der Waals surface area contributed by atoms with Gasteiger partial charge in [-0.15, -0.1) is 0 Å². The monoisotopic (exact) mass is 431 g/mol. The summed E-state index contributed by atoms with van der Waals surface area (Å²) in [7, 11) is -3.51. The third-order valence-electron chi connectivity index (χ3n) is 7.76. The number of ketones is 1. The molecule has 5 fully saturated rings. The highest BCUT2D eigenvalue weighted by Gasteiger charge is 2.54. The van der Waals surface area contributed by atoms with E-state index in [-0.39, 0.29) is 28.3 Å². The Labute approximate surface area is 178 Å². The maximum Gasteiger partial charge on any atom is 0.338 e. The molecular weight excluding hydrogens is 402 g/mol. The molecule has 0 spiro atoms. The van der Waals surface area contributed by atoms with Crippen molar-refractivity contribution in [1.82, 2.24) is 4.31 Å². The number of hydrogen-bond donors (Lipinski definition) is 0. The Morgan fingerprint density at radius 2 is 1.47 bits per heavy atom. The molecule has 6 nitrogen and oxygen atoms in total. The van der Waals surface area contributed by atoms with Crippen molar-refractivity contribution in [2.75, 3.05) is 19.7 Å². The van der Waals surface area contributed by atoms with E-state index in [0.29, 0.717) is 30.8 Å². The Balaban J connectivity index is 1.21. The zero-order chi connectivity index (χ0) is 20.9. The number of ether oxygens (including phenoxy) is 1. The van der Waals surface area contributed by atoms with E-state index in [1.54, 1.807) is 0 Å². The molecule has 1 saturated heterocycles. The number of nitrogens with zero attached hydrogens (tertiary/aromatic N) is 1. The van der Waals surface area contributed by atoms with E-state index in [4.69, 9.17) is 4.74 Å². The summed E-state index contributed by atoms with van der Waals surface area (Å²) in [6.45, 7) is 0.899. The molecule has 0 aromatic heterocycles. The molecule has 1 heterocycles. The predicted octanol–water partition coefficient (Wildman–Crippen LogP) is 3.41. The van der Waals surface area contributed by atoms with Gasteiger partial charge in [-0.2, -0.15) is 4.31 Å². The van der Waals surface area contributed by atoms with Crippen molar-refractivity contribution >= 4 is 21.8 Å². The van der Waals surface area contributed by atoms with Crippen molar-refractivity contribution in [3.63, 3.8) is 0 Å². The first-order valence-electron chi connectivity index (χ1n) is 11.2. The van der Waals surface area contributed by atoms with Crippen LogP contribution in [0.3, 0.4) is 0 Å². The molecule has 30 heavy (non-hydrogen) atoms. The fourth-order valence-corrected chi connectivity index (χ4v) is 8.18. The number of Topliss-reactive ketones (excluding diaryl/α,β-unsaturated/α-hetero) is 1. The third kappa shape index (κ3) is 3.50. The SMILES string of the molecule is O=C(OCC(=O)C12CC3CC(CC(C3)C1)C2)c1ccc(S(=O)(=O)N2CCCC2)cc1. The van der Waals surface area contributed by atoms with Gasteiger partial charge in [0.1, 0.15) is 0 Å². The number of carbonyl (C=O) groups is 2. The van der Waals surface area contributed by atoms with Crippen molar-refractivity contribution < 1.29 is 22.7 Å². The van der Waals surface area contributed by atoms with Gasteiger partial charge in [0, 0.05) is 18.5 Å². The lowest BCUT2D eigenvalue weighted by Crippen LogP contribution is -2.51. The number of rotatable bonds is 6. The molecular formula is C23H29NO5S. The van der Waals surface area contributed by atoms with Crippen LogP contribution in [0.1, 0.15) is 61.7 Å². The van der Waals surface area contributed by atoms with Gasteiger partial charge in [-0.3, -0.25) is 4.79 Å². The van der Waals surface area contributed by atoms with E-state index in [1.165, 1.54) is 47.8 Å². The largest absolute Gasteiger partial charge is 0.454 e. The van der Waals surface area contributed by atoms with Crippen LogP contribution >= 0.6 is 0 Å². The second-order valence-corrected chi connectivity index (χ2v) is 11.8. The molecule has 1 aliphatic heterocycles. The Hall–Kier alpha value is -1.73. The second kappa shape index (κ2) is 7.45. The Morgan fingerprint density at radius 1 is 0.933 bits per heavy atom. The first-order chi connectivity index (χ1) is 14.4. The minimum Gasteiger partial charge on any atom is -0.454 e. The summed E-state index contributed by atoms with van der Waals surface area (Å²) in [6, 6.07) is 5.84. The topological polar surface area (TPSA) is 80.8 Å². The fourth-order valence-electron chi connectivity index (χ4n) is 6.66. The van der Waals surface area contributed by atoms with Crippen molar-refractivity contribution in [2.24, 2.45) is 23.2 Å². The summed E-state index contributed by atoms with van der Waals surface area (Å²) in [5, 5.41) is 0. The van der Waals surface area contributed by atoms with Crippen LogP contribution in [0.25, 0.3) is 0 Å². The van der Waals surface area contributed by atoms with Gasteiger partial charge in [0.05, 0.1) is 10.5 Å². The summed E-state index contributed by atoms with van der Waals surface area (Å²) >= 11 is 0. The maximum atomic E-state index is 13.0. The number of sulfonamides is 1. The number of esters is 1. The molecule has 5 aliphatic rings. The fraction of sp³-hybridized carbons (Fsp3) is 0.652. The van der Waals surface area contributed by atoms with Gasteiger partial charge >= 0.3 is 5.97 Å². The lowest BCUT2D eigenvalue weighted by Gasteiger charge is -2.55. The quantitative estimate of drug-likeness (QED) is 0.645. The minimum absolute atomic E-state index is 0.0724. The Bertz CT molecular complexity index is 911. The van der Waals surface area contributed by atoms with E-state index in [0.717, 1.165) is 32.1 Å². The molecule has 162 valence electrons. The molecule has 6 rings (SSSR count). The summed E-state index contributed by atoms with van der Waals surface area (Å²) in [4.78, 5) is 25.6. The molecule has 4 aliphatic carbocycles. The summed E-state index contributed by atoms with van der Waals surface area (Å²) < 4.78 is 32.0. The number of benzene rings is 1. The van der Waals surface area contributed by atoms with E-state index >= 15 is 0 Å². The lowest BCUT2D eigenvalue weighted by atomic mass is 9.48. The van der Waals surface area contributed by atoms with Crippen molar-refractivity contribution in [1.29, 1.82) is 0 Å². The van der Waals surface area contributed by atoms with Gasteiger partial charge in [0.2, 0.25) is 10.0 Å². The van der Waals surface area contributed by atoms with Crippen LogP contribution in [0.4, 0.5) is 0 Å². The molecule has 4 bridgehead atoms. The van der Waals surface area contributed by atoms with E-state index in [1.807, 2.05) is 0 Å². The Morgan fingerprint density at radius 3 is 2.00 bits per heavy atom. The van der Waals surface area contributed by atoms with Crippen molar-refractivity contribution in [2.45, 2.75) is 56.3 Å². The number of hydrogen-bond acceptors (Lipinski definition) is 5. The third-order valence-corrected chi connectivity index (χ3v) is 9.67. The van der Waals surface area contributed by atoms with Crippen LogP contribution in [-0.4, -0.2) is 44.2 Å². The summed E-state index contributed by atoms with van der Waals surface area (Å²) in [5.41, 5.74) is -0.00318. The van der Waals surface area contributed by atoms with Crippen LogP contribution in [-0.2, 0) is 19.6 Å². The Kier molecular flexibility index (Phi) is 5.01. The van der Waals surface area contributed by atoms with Crippen molar-refractivity contribution in [3.8, 4) is 0 Å². The highest BCUT2D eigenvalue weighted by atomic mass is 32.2. The molecule has 4 saturated carbocycles. The molecule has 0 radical (unpaired) electrons. The summed E-state index contributed by atoms with van der Waals surface area (Å²) in [6.07, 6.45) is 8.41. The van der Waals surface area contributed by atoms with Gasteiger partial charge in [-0.05, 0) is 93.4 Å². The average Bonchev–Trinajstić information content (AvgIpc) is 3.26. The van der Waals surface area contributed by atoms with Gasteiger partial charge < -0.3 is 4.74 Å². The zero-order valence-electron chi connectivity index (χ0n) is 17.2.